The number of hydrogen-bond donors (Lipinski definition) is 1. The van der Waals surface area contributed by atoms with Crippen molar-refractivity contribution in [2.45, 2.75) is 31.3 Å². The van der Waals surface area contributed by atoms with E-state index in [0.717, 1.165) is 31.0 Å². The van der Waals surface area contributed by atoms with Crippen LogP contribution in [0.2, 0.25) is 0 Å². The maximum Gasteiger partial charge on any atom is 0.0808 e. The van der Waals surface area contributed by atoms with Crippen molar-refractivity contribution in [3.05, 3.63) is 54.1 Å². The van der Waals surface area contributed by atoms with E-state index in [-0.39, 0.29) is 0 Å². The summed E-state index contributed by atoms with van der Waals surface area (Å²) in [7, 11) is 0. The molecule has 0 amide bonds. The van der Waals surface area contributed by atoms with E-state index < -0.39 is 6.10 Å². The molecule has 1 saturated heterocycles. The van der Waals surface area contributed by atoms with Crippen molar-refractivity contribution in [2.24, 2.45) is 5.92 Å². The second-order valence-electron chi connectivity index (χ2n) is 6.56. The monoisotopic (exact) mass is 295 g/mol. The molecule has 2 aromatic rings. The SMILES string of the molecule is OC(CC1CN(c2cncc(C3CC3)c2)C1)c1cccnc1. The van der Waals surface area contributed by atoms with Gasteiger partial charge in [-0.05, 0) is 54.4 Å². The molecular formula is C18H21N3O. The van der Waals surface area contributed by atoms with Crippen LogP contribution in [0.15, 0.2) is 43.0 Å². The Morgan fingerprint density at radius 1 is 1.18 bits per heavy atom. The van der Waals surface area contributed by atoms with E-state index in [1.807, 2.05) is 24.5 Å². The molecule has 4 rings (SSSR count). The minimum Gasteiger partial charge on any atom is -0.388 e. The molecule has 1 saturated carbocycles. The summed E-state index contributed by atoms with van der Waals surface area (Å²) in [5.74, 6) is 1.29. The second-order valence-corrected chi connectivity index (χ2v) is 6.56. The van der Waals surface area contributed by atoms with Crippen LogP contribution < -0.4 is 4.90 Å². The van der Waals surface area contributed by atoms with Crippen LogP contribution in [0.5, 0.6) is 0 Å². The van der Waals surface area contributed by atoms with Gasteiger partial charge in [0.15, 0.2) is 0 Å². The highest BCUT2D eigenvalue weighted by molar-refractivity contribution is 5.49. The molecule has 114 valence electrons. The molecular weight excluding hydrogens is 274 g/mol. The molecule has 4 nitrogen and oxygen atoms in total. The van der Waals surface area contributed by atoms with E-state index in [0.29, 0.717) is 5.92 Å². The molecule has 2 fully saturated rings. The predicted molar refractivity (Wildman–Crippen MR) is 85.7 cm³/mol. The van der Waals surface area contributed by atoms with E-state index >= 15 is 0 Å². The molecule has 0 bridgehead atoms. The summed E-state index contributed by atoms with van der Waals surface area (Å²) in [4.78, 5) is 10.8. The number of aromatic nitrogens is 2. The van der Waals surface area contributed by atoms with Crippen LogP contribution >= 0.6 is 0 Å². The number of nitrogens with zero attached hydrogens (tertiary/aromatic N) is 3. The zero-order valence-electron chi connectivity index (χ0n) is 12.6. The lowest BCUT2D eigenvalue weighted by molar-refractivity contribution is 0.134. The maximum atomic E-state index is 10.3. The van der Waals surface area contributed by atoms with Crippen LogP contribution in [0.4, 0.5) is 5.69 Å². The first-order chi connectivity index (χ1) is 10.8. The first-order valence-corrected chi connectivity index (χ1v) is 8.07. The van der Waals surface area contributed by atoms with Crippen molar-refractivity contribution < 1.29 is 5.11 Å². The number of aliphatic hydroxyl groups is 1. The van der Waals surface area contributed by atoms with Gasteiger partial charge in [-0.1, -0.05) is 6.07 Å². The van der Waals surface area contributed by atoms with Gasteiger partial charge in [-0.2, -0.15) is 0 Å². The number of hydrogen-bond acceptors (Lipinski definition) is 4. The lowest BCUT2D eigenvalue weighted by Crippen LogP contribution is -2.47. The van der Waals surface area contributed by atoms with E-state index in [1.165, 1.54) is 24.1 Å². The number of rotatable bonds is 5. The Bertz CT molecular complexity index is 636. The third-order valence-corrected chi connectivity index (χ3v) is 4.74. The van der Waals surface area contributed by atoms with Gasteiger partial charge in [0, 0.05) is 31.7 Å². The molecule has 1 N–H and O–H groups in total. The molecule has 22 heavy (non-hydrogen) atoms. The van der Waals surface area contributed by atoms with Gasteiger partial charge in [0.2, 0.25) is 0 Å². The third kappa shape index (κ3) is 2.83. The normalized spacial score (nSPS) is 19.8. The van der Waals surface area contributed by atoms with Crippen LogP contribution in [0.1, 0.15) is 42.4 Å². The molecule has 1 atom stereocenters. The van der Waals surface area contributed by atoms with Crippen LogP contribution in [0.25, 0.3) is 0 Å². The predicted octanol–water partition coefficient (Wildman–Crippen LogP) is 2.91. The molecule has 0 spiro atoms. The first kappa shape index (κ1) is 13.7. The quantitative estimate of drug-likeness (QED) is 0.921. The first-order valence-electron chi connectivity index (χ1n) is 8.07. The fraction of sp³-hybridized carbons (Fsp3) is 0.444. The lowest BCUT2D eigenvalue weighted by atomic mass is 9.90. The van der Waals surface area contributed by atoms with Crippen molar-refractivity contribution in [2.75, 3.05) is 18.0 Å². The van der Waals surface area contributed by atoms with Gasteiger partial charge in [0.25, 0.3) is 0 Å². The van der Waals surface area contributed by atoms with Crippen molar-refractivity contribution >= 4 is 5.69 Å². The summed E-state index contributed by atoms with van der Waals surface area (Å²) in [5.41, 5.74) is 3.53. The summed E-state index contributed by atoms with van der Waals surface area (Å²) in [6, 6.07) is 6.11. The zero-order valence-corrected chi connectivity index (χ0v) is 12.6. The Morgan fingerprint density at radius 3 is 2.77 bits per heavy atom. The second kappa shape index (κ2) is 5.69. The molecule has 1 aliphatic heterocycles. The van der Waals surface area contributed by atoms with Gasteiger partial charge in [0.05, 0.1) is 18.0 Å². The van der Waals surface area contributed by atoms with Crippen molar-refractivity contribution in [3.8, 4) is 0 Å². The topological polar surface area (TPSA) is 49.2 Å². The molecule has 2 aliphatic rings. The fourth-order valence-corrected chi connectivity index (χ4v) is 3.21. The summed E-state index contributed by atoms with van der Waals surface area (Å²) >= 11 is 0. The Balaban J connectivity index is 1.33. The summed E-state index contributed by atoms with van der Waals surface area (Å²) in [5, 5.41) is 10.3. The Labute approximate surface area is 130 Å². The largest absolute Gasteiger partial charge is 0.388 e. The standard InChI is InChI=1S/C18H21N3O/c22-18(15-2-1-5-19-8-15)6-13-11-21(12-13)17-7-16(9-20-10-17)14-3-4-14/h1-2,5,7-10,13-14,18,22H,3-4,6,11-12H2. The summed E-state index contributed by atoms with van der Waals surface area (Å²) < 4.78 is 0. The zero-order chi connectivity index (χ0) is 14.9. The summed E-state index contributed by atoms with van der Waals surface area (Å²) in [6.07, 6.45) is 10.5. The highest BCUT2D eigenvalue weighted by Gasteiger charge is 2.30. The van der Waals surface area contributed by atoms with Crippen molar-refractivity contribution in [1.29, 1.82) is 0 Å². The van der Waals surface area contributed by atoms with Crippen LogP contribution in [-0.4, -0.2) is 28.2 Å². The third-order valence-electron chi connectivity index (χ3n) is 4.74. The van der Waals surface area contributed by atoms with Gasteiger partial charge in [-0.15, -0.1) is 0 Å². The Hall–Kier alpha value is -1.94. The number of anilines is 1. The van der Waals surface area contributed by atoms with E-state index in [2.05, 4.69) is 20.9 Å². The van der Waals surface area contributed by atoms with Crippen LogP contribution in [0.3, 0.4) is 0 Å². The molecule has 4 heteroatoms. The van der Waals surface area contributed by atoms with Crippen molar-refractivity contribution in [1.82, 2.24) is 9.97 Å². The van der Waals surface area contributed by atoms with Gasteiger partial charge in [-0.25, -0.2) is 0 Å². The van der Waals surface area contributed by atoms with Gasteiger partial charge < -0.3 is 10.0 Å². The van der Waals surface area contributed by atoms with Crippen LogP contribution in [0, 0.1) is 5.92 Å². The van der Waals surface area contributed by atoms with E-state index in [4.69, 9.17) is 0 Å². The molecule has 1 aliphatic carbocycles. The van der Waals surface area contributed by atoms with Crippen LogP contribution in [-0.2, 0) is 0 Å². The van der Waals surface area contributed by atoms with Gasteiger partial charge in [-0.3, -0.25) is 9.97 Å². The maximum absolute atomic E-state index is 10.3. The average molecular weight is 295 g/mol. The Kier molecular flexibility index (Phi) is 3.54. The highest BCUT2D eigenvalue weighted by Crippen LogP contribution is 2.41. The van der Waals surface area contributed by atoms with Gasteiger partial charge >= 0.3 is 0 Å². The average Bonchev–Trinajstić information content (AvgIpc) is 3.36. The minimum absolute atomic E-state index is 0.406. The fourth-order valence-electron chi connectivity index (χ4n) is 3.21. The summed E-state index contributed by atoms with van der Waals surface area (Å²) in [6.45, 7) is 2.01. The van der Waals surface area contributed by atoms with Crippen molar-refractivity contribution in [3.63, 3.8) is 0 Å². The molecule has 3 heterocycles. The number of aliphatic hydroxyl groups excluding tert-OH is 1. The number of pyridine rings is 2. The smallest absolute Gasteiger partial charge is 0.0808 e. The molecule has 0 radical (unpaired) electrons. The minimum atomic E-state index is -0.406. The highest BCUT2D eigenvalue weighted by atomic mass is 16.3. The molecule has 1 unspecified atom stereocenters. The Morgan fingerprint density at radius 2 is 2.05 bits per heavy atom. The van der Waals surface area contributed by atoms with E-state index in [1.54, 1.807) is 12.4 Å². The van der Waals surface area contributed by atoms with Gasteiger partial charge in [0.1, 0.15) is 0 Å². The molecule has 2 aromatic heterocycles. The van der Waals surface area contributed by atoms with E-state index in [9.17, 15) is 5.11 Å². The lowest BCUT2D eigenvalue weighted by Gasteiger charge is -2.42. The molecule has 0 aromatic carbocycles.